The van der Waals surface area contributed by atoms with Crippen molar-refractivity contribution < 1.29 is 4.79 Å². The second-order valence-electron chi connectivity index (χ2n) is 5.91. The molecule has 1 aromatic carbocycles. The average Bonchev–Trinajstić information content (AvgIpc) is 2.56. The van der Waals surface area contributed by atoms with Gasteiger partial charge in [0.25, 0.3) is 5.91 Å². The molecule has 0 radical (unpaired) electrons. The zero-order valence-electron chi connectivity index (χ0n) is 14.0. The molecule has 2 aromatic rings. The van der Waals surface area contributed by atoms with Gasteiger partial charge in [0.2, 0.25) is 5.95 Å². The van der Waals surface area contributed by atoms with E-state index in [4.69, 9.17) is 0 Å². The summed E-state index contributed by atoms with van der Waals surface area (Å²) in [4.78, 5) is 20.4. The van der Waals surface area contributed by atoms with Crippen LogP contribution in [0.3, 0.4) is 0 Å². The molecule has 0 saturated carbocycles. The molecule has 1 aromatic heterocycles. The highest BCUT2D eigenvalue weighted by atomic mass is 16.1. The molecule has 2 rings (SSSR count). The van der Waals surface area contributed by atoms with E-state index < -0.39 is 0 Å². The van der Waals surface area contributed by atoms with Crippen molar-refractivity contribution in [3.05, 3.63) is 47.8 Å². The maximum absolute atomic E-state index is 12.0. The summed E-state index contributed by atoms with van der Waals surface area (Å²) < 4.78 is 0. The Kier molecular flexibility index (Phi) is 6.09. The van der Waals surface area contributed by atoms with Crippen LogP contribution in [-0.2, 0) is 6.42 Å². The molecule has 122 valence electrons. The van der Waals surface area contributed by atoms with E-state index in [1.807, 2.05) is 12.1 Å². The highest BCUT2D eigenvalue weighted by Crippen LogP contribution is 2.14. The van der Waals surface area contributed by atoms with Crippen LogP contribution in [-0.4, -0.2) is 22.4 Å². The Hall–Kier alpha value is -2.43. The third-order valence-electron chi connectivity index (χ3n) is 3.54. The van der Waals surface area contributed by atoms with Gasteiger partial charge in [-0.25, -0.2) is 9.97 Å². The first-order valence-corrected chi connectivity index (χ1v) is 8.04. The quantitative estimate of drug-likeness (QED) is 0.820. The molecule has 0 unspecified atom stereocenters. The Labute approximate surface area is 137 Å². The van der Waals surface area contributed by atoms with E-state index in [0.29, 0.717) is 24.0 Å². The third kappa shape index (κ3) is 5.36. The minimum absolute atomic E-state index is 0.135. The van der Waals surface area contributed by atoms with E-state index in [1.165, 1.54) is 5.56 Å². The molecule has 0 bridgehead atoms. The molecular weight excluding hydrogens is 288 g/mol. The molecule has 0 spiro atoms. The minimum Gasteiger partial charge on any atom is -0.352 e. The first kappa shape index (κ1) is 16.9. The van der Waals surface area contributed by atoms with Crippen molar-refractivity contribution in [2.24, 2.45) is 5.92 Å². The van der Waals surface area contributed by atoms with Crippen molar-refractivity contribution >= 4 is 17.5 Å². The number of carbonyl (C=O) groups excluding carboxylic acids is 1. The second-order valence-corrected chi connectivity index (χ2v) is 5.91. The van der Waals surface area contributed by atoms with Gasteiger partial charge in [0.05, 0.1) is 5.56 Å². The minimum atomic E-state index is -0.135. The fourth-order valence-corrected chi connectivity index (χ4v) is 2.04. The van der Waals surface area contributed by atoms with Crippen LogP contribution in [0.15, 0.2) is 36.7 Å². The van der Waals surface area contributed by atoms with Crippen molar-refractivity contribution in [1.29, 1.82) is 0 Å². The van der Waals surface area contributed by atoms with Gasteiger partial charge in [-0.05, 0) is 36.5 Å². The van der Waals surface area contributed by atoms with Crippen LogP contribution in [0.4, 0.5) is 11.6 Å². The van der Waals surface area contributed by atoms with Crippen LogP contribution in [0.2, 0.25) is 0 Å². The average molecular weight is 312 g/mol. The van der Waals surface area contributed by atoms with E-state index in [9.17, 15) is 4.79 Å². The van der Waals surface area contributed by atoms with Crippen LogP contribution in [0.5, 0.6) is 0 Å². The summed E-state index contributed by atoms with van der Waals surface area (Å²) >= 11 is 0. The van der Waals surface area contributed by atoms with E-state index in [-0.39, 0.29) is 5.91 Å². The fourth-order valence-electron chi connectivity index (χ4n) is 2.04. The third-order valence-corrected chi connectivity index (χ3v) is 3.54. The summed E-state index contributed by atoms with van der Waals surface area (Å²) in [5.74, 6) is 0.912. The molecular formula is C18H24N4O. The second kappa shape index (κ2) is 8.27. The molecule has 0 atom stereocenters. The number of amides is 1. The molecule has 0 fully saturated rings. The maximum Gasteiger partial charge on any atom is 0.254 e. The van der Waals surface area contributed by atoms with E-state index >= 15 is 0 Å². The van der Waals surface area contributed by atoms with Crippen molar-refractivity contribution in [1.82, 2.24) is 15.3 Å². The highest BCUT2D eigenvalue weighted by molar-refractivity contribution is 5.93. The molecule has 1 heterocycles. The summed E-state index contributed by atoms with van der Waals surface area (Å²) in [6.07, 6.45) is 5.05. The first-order chi connectivity index (χ1) is 11.1. The number of hydrogen-bond donors (Lipinski definition) is 2. The van der Waals surface area contributed by atoms with Gasteiger partial charge in [-0.3, -0.25) is 4.79 Å². The Morgan fingerprint density at radius 3 is 2.35 bits per heavy atom. The molecule has 0 aliphatic heterocycles. The number of aromatic nitrogens is 2. The monoisotopic (exact) mass is 312 g/mol. The number of carbonyl (C=O) groups is 1. The van der Waals surface area contributed by atoms with Gasteiger partial charge < -0.3 is 10.6 Å². The predicted octanol–water partition coefficient (Wildman–Crippen LogP) is 3.56. The maximum atomic E-state index is 12.0. The Bertz CT molecular complexity index is 620. The Morgan fingerprint density at radius 1 is 1.13 bits per heavy atom. The topological polar surface area (TPSA) is 66.9 Å². The normalized spacial score (nSPS) is 10.6. The van der Waals surface area contributed by atoms with Crippen molar-refractivity contribution in [2.75, 3.05) is 11.9 Å². The fraction of sp³-hybridized carbons (Fsp3) is 0.389. The summed E-state index contributed by atoms with van der Waals surface area (Å²) in [5, 5.41) is 6.00. The van der Waals surface area contributed by atoms with Crippen LogP contribution in [0, 0.1) is 5.92 Å². The van der Waals surface area contributed by atoms with Crippen molar-refractivity contribution in [3.8, 4) is 0 Å². The number of aryl methyl sites for hydroxylation is 1. The number of hydrogen-bond acceptors (Lipinski definition) is 4. The van der Waals surface area contributed by atoms with Crippen molar-refractivity contribution in [2.45, 2.75) is 33.6 Å². The SMILES string of the molecule is CCc1ccc(Nc2ncc(C(=O)NCCC(C)C)cn2)cc1. The van der Waals surface area contributed by atoms with Crippen LogP contribution in [0.1, 0.15) is 43.1 Å². The number of nitrogens with one attached hydrogen (secondary N) is 2. The van der Waals surface area contributed by atoms with E-state index in [2.05, 4.69) is 53.5 Å². The van der Waals surface area contributed by atoms with Gasteiger partial charge >= 0.3 is 0 Å². The summed E-state index contributed by atoms with van der Waals surface area (Å²) in [5.41, 5.74) is 2.68. The lowest BCUT2D eigenvalue weighted by Gasteiger charge is -2.08. The van der Waals surface area contributed by atoms with Gasteiger partial charge in [-0.15, -0.1) is 0 Å². The molecule has 0 aliphatic rings. The summed E-state index contributed by atoms with van der Waals surface area (Å²) in [6, 6.07) is 8.13. The molecule has 0 saturated heterocycles. The number of nitrogens with zero attached hydrogens (tertiary/aromatic N) is 2. The zero-order chi connectivity index (χ0) is 16.7. The van der Waals surface area contributed by atoms with Gasteiger partial charge in [0.15, 0.2) is 0 Å². The van der Waals surface area contributed by atoms with E-state index in [0.717, 1.165) is 18.5 Å². The number of anilines is 2. The van der Waals surface area contributed by atoms with Gasteiger partial charge in [-0.2, -0.15) is 0 Å². The van der Waals surface area contributed by atoms with Crippen LogP contribution < -0.4 is 10.6 Å². The lowest BCUT2D eigenvalue weighted by Crippen LogP contribution is -2.25. The Balaban J connectivity index is 1.91. The number of benzene rings is 1. The van der Waals surface area contributed by atoms with Crippen molar-refractivity contribution in [3.63, 3.8) is 0 Å². The molecule has 1 amide bonds. The predicted molar refractivity (Wildman–Crippen MR) is 92.9 cm³/mol. The summed E-state index contributed by atoms with van der Waals surface area (Å²) in [7, 11) is 0. The summed E-state index contributed by atoms with van der Waals surface area (Å²) in [6.45, 7) is 7.04. The smallest absolute Gasteiger partial charge is 0.254 e. The van der Waals surface area contributed by atoms with Crippen LogP contribution >= 0.6 is 0 Å². The van der Waals surface area contributed by atoms with E-state index in [1.54, 1.807) is 12.4 Å². The molecule has 0 aliphatic carbocycles. The zero-order valence-corrected chi connectivity index (χ0v) is 14.0. The molecule has 23 heavy (non-hydrogen) atoms. The highest BCUT2D eigenvalue weighted by Gasteiger charge is 2.07. The number of rotatable bonds is 7. The van der Waals surface area contributed by atoms with Gasteiger partial charge in [-0.1, -0.05) is 32.9 Å². The van der Waals surface area contributed by atoms with Gasteiger partial charge in [0, 0.05) is 24.6 Å². The Morgan fingerprint density at radius 2 is 1.78 bits per heavy atom. The van der Waals surface area contributed by atoms with Crippen LogP contribution in [0.25, 0.3) is 0 Å². The molecule has 2 N–H and O–H groups in total. The molecule has 5 nitrogen and oxygen atoms in total. The largest absolute Gasteiger partial charge is 0.352 e. The lowest BCUT2D eigenvalue weighted by atomic mass is 10.1. The lowest BCUT2D eigenvalue weighted by molar-refractivity contribution is 0.0951. The standard InChI is InChI=1S/C18H24N4O/c1-4-14-5-7-16(8-6-14)22-18-20-11-15(12-21-18)17(23)19-10-9-13(2)3/h5-8,11-13H,4,9-10H2,1-3H3,(H,19,23)(H,20,21,22). The molecule has 5 heteroatoms. The van der Waals surface area contributed by atoms with Gasteiger partial charge in [0.1, 0.15) is 0 Å². The first-order valence-electron chi connectivity index (χ1n) is 8.04.